The van der Waals surface area contributed by atoms with Gasteiger partial charge in [0.05, 0.1) is 26.5 Å². The van der Waals surface area contributed by atoms with E-state index < -0.39 is 0 Å². The molecule has 0 saturated heterocycles. The van der Waals surface area contributed by atoms with Crippen LogP contribution in [0.15, 0.2) is 42.7 Å². The van der Waals surface area contributed by atoms with E-state index in [1.54, 1.807) is 25.1 Å². The van der Waals surface area contributed by atoms with Crippen molar-refractivity contribution in [3.63, 3.8) is 0 Å². The van der Waals surface area contributed by atoms with Crippen LogP contribution >= 0.6 is 0 Å². The van der Waals surface area contributed by atoms with E-state index in [0.29, 0.717) is 29.0 Å². The van der Waals surface area contributed by atoms with Crippen LogP contribution in [0.5, 0.6) is 11.5 Å². The molecule has 0 radical (unpaired) electrons. The van der Waals surface area contributed by atoms with E-state index in [1.165, 1.54) is 6.42 Å². The third-order valence-electron chi connectivity index (χ3n) is 6.31. The minimum absolute atomic E-state index is 0.106. The van der Waals surface area contributed by atoms with Crippen molar-refractivity contribution in [1.82, 2.24) is 15.1 Å². The van der Waals surface area contributed by atoms with Gasteiger partial charge in [0.15, 0.2) is 11.5 Å². The van der Waals surface area contributed by atoms with E-state index in [-0.39, 0.29) is 11.9 Å². The first-order valence-electron chi connectivity index (χ1n) is 11.2. The number of anilines is 1. The number of methoxy groups -OCH3 is 2. The first kappa shape index (κ1) is 22.7. The van der Waals surface area contributed by atoms with Crippen LogP contribution in [0.1, 0.15) is 47.8 Å². The molecule has 3 aromatic rings. The van der Waals surface area contributed by atoms with Gasteiger partial charge < -0.3 is 20.1 Å². The lowest BCUT2D eigenvalue weighted by atomic mass is 9.99. The molecule has 3 atom stereocenters. The summed E-state index contributed by atoms with van der Waals surface area (Å²) in [5.41, 5.74) is 5.29. The first-order chi connectivity index (χ1) is 15.8. The molecule has 174 valence electrons. The molecule has 0 unspecified atom stereocenters. The summed E-state index contributed by atoms with van der Waals surface area (Å²) in [6.45, 7) is 6.15. The fourth-order valence-corrected chi connectivity index (χ4v) is 4.06. The number of nitrogens with zero attached hydrogens (tertiary/aromatic N) is 2. The van der Waals surface area contributed by atoms with Crippen molar-refractivity contribution >= 4 is 11.6 Å². The lowest BCUT2D eigenvalue weighted by Gasteiger charge is -2.20. The smallest absolute Gasteiger partial charge is 0.252 e. The summed E-state index contributed by atoms with van der Waals surface area (Å²) in [5.74, 6) is 1.82. The summed E-state index contributed by atoms with van der Waals surface area (Å²) < 4.78 is 13.0. The lowest BCUT2D eigenvalue weighted by molar-refractivity contribution is 0.0939. The van der Waals surface area contributed by atoms with Gasteiger partial charge in [0.1, 0.15) is 0 Å². The second-order valence-corrected chi connectivity index (χ2v) is 8.90. The van der Waals surface area contributed by atoms with E-state index in [4.69, 9.17) is 9.47 Å². The number of carbonyl (C=O) groups excluding carboxylic acids is 1. The Kier molecular flexibility index (Phi) is 6.31. The maximum atomic E-state index is 13.2. The second-order valence-electron chi connectivity index (χ2n) is 8.90. The van der Waals surface area contributed by atoms with Crippen LogP contribution in [0.3, 0.4) is 0 Å². The molecular formula is C26H32N4O3. The number of carbonyl (C=O) groups is 1. The van der Waals surface area contributed by atoms with Crippen LogP contribution in [-0.2, 0) is 7.05 Å². The van der Waals surface area contributed by atoms with Crippen molar-refractivity contribution in [2.45, 2.75) is 39.3 Å². The Morgan fingerprint density at radius 3 is 2.58 bits per heavy atom. The highest BCUT2D eigenvalue weighted by molar-refractivity contribution is 5.97. The fourth-order valence-electron chi connectivity index (χ4n) is 4.06. The number of ether oxygens (including phenoxy) is 2. The van der Waals surface area contributed by atoms with Gasteiger partial charge in [-0.05, 0) is 61.6 Å². The number of aryl methyl sites for hydroxylation is 2. The van der Waals surface area contributed by atoms with Gasteiger partial charge in [-0.25, -0.2) is 0 Å². The number of hydrogen-bond acceptors (Lipinski definition) is 5. The second kappa shape index (κ2) is 9.17. The molecule has 7 heteroatoms. The van der Waals surface area contributed by atoms with Crippen molar-refractivity contribution in [2.24, 2.45) is 13.0 Å². The first-order valence-corrected chi connectivity index (χ1v) is 11.2. The average Bonchev–Trinajstić information content (AvgIpc) is 3.31. The van der Waals surface area contributed by atoms with Gasteiger partial charge in [0, 0.05) is 41.7 Å². The van der Waals surface area contributed by atoms with E-state index in [9.17, 15) is 4.79 Å². The largest absolute Gasteiger partial charge is 0.493 e. The molecule has 1 amide bonds. The van der Waals surface area contributed by atoms with Crippen molar-refractivity contribution in [3.05, 3.63) is 59.4 Å². The third-order valence-corrected chi connectivity index (χ3v) is 6.31. The van der Waals surface area contributed by atoms with Crippen LogP contribution in [0.25, 0.3) is 11.1 Å². The summed E-state index contributed by atoms with van der Waals surface area (Å²) in [4.78, 5) is 13.2. The molecule has 1 saturated carbocycles. The normalized spacial score (nSPS) is 17.9. The highest BCUT2D eigenvalue weighted by Gasteiger charge is 2.32. The zero-order valence-corrected chi connectivity index (χ0v) is 20.1. The molecule has 1 aliphatic carbocycles. The number of aromatic nitrogens is 2. The van der Waals surface area contributed by atoms with Gasteiger partial charge in [-0.3, -0.25) is 9.48 Å². The number of nitrogens with one attached hydrogen (secondary N) is 2. The summed E-state index contributed by atoms with van der Waals surface area (Å²) in [6.07, 6.45) is 4.88. The van der Waals surface area contributed by atoms with E-state index in [0.717, 1.165) is 27.9 Å². The molecule has 0 aliphatic heterocycles. The van der Waals surface area contributed by atoms with Gasteiger partial charge in [-0.1, -0.05) is 13.0 Å². The van der Waals surface area contributed by atoms with Crippen LogP contribution in [0, 0.1) is 12.8 Å². The molecule has 33 heavy (non-hydrogen) atoms. The Hall–Kier alpha value is -3.48. The molecule has 7 nitrogen and oxygen atoms in total. The van der Waals surface area contributed by atoms with Crippen LogP contribution < -0.4 is 20.1 Å². The maximum Gasteiger partial charge on any atom is 0.252 e. The van der Waals surface area contributed by atoms with Crippen molar-refractivity contribution in [3.8, 4) is 22.6 Å². The quantitative estimate of drug-likeness (QED) is 0.521. The molecule has 0 spiro atoms. The molecule has 1 aliphatic rings. The summed E-state index contributed by atoms with van der Waals surface area (Å²) in [6, 6.07) is 10.2. The third kappa shape index (κ3) is 4.82. The SMILES string of the molecule is COc1cc([C@@H](C)NC(=O)c2cc(N[C@@H]3C[C@@H]3C)ccc2C)cc(-c2cnn(C)c2)c1OC. The number of hydrogen-bond donors (Lipinski definition) is 2. The Morgan fingerprint density at radius 1 is 1.21 bits per heavy atom. The van der Waals surface area contributed by atoms with Crippen LogP contribution in [0.4, 0.5) is 5.69 Å². The van der Waals surface area contributed by atoms with E-state index >= 15 is 0 Å². The zero-order valence-electron chi connectivity index (χ0n) is 20.1. The summed E-state index contributed by atoms with van der Waals surface area (Å²) >= 11 is 0. The molecule has 1 heterocycles. The van der Waals surface area contributed by atoms with Crippen LogP contribution in [0.2, 0.25) is 0 Å². The predicted molar refractivity (Wildman–Crippen MR) is 130 cm³/mol. The molecule has 2 aromatic carbocycles. The topological polar surface area (TPSA) is 77.4 Å². The molecular weight excluding hydrogens is 416 g/mol. The molecule has 4 rings (SSSR count). The van der Waals surface area contributed by atoms with Crippen molar-refractivity contribution in [1.29, 1.82) is 0 Å². The fraction of sp³-hybridized carbons (Fsp3) is 0.385. The predicted octanol–water partition coefficient (Wildman–Crippen LogP) is 4.72. The van der Waals surface area contributed by atoms with Gasteiger partial charge in [-0.15, -0.1) is 0 Å². The highest BCUT2D eigenvalue weighted by atomic mass is 16.5. The van der Waals surface area contributed by atoms with Crippen LogP contribution in [-0.4, -0.2) is 35.9 Å². The van der Waals surface area contributed by atoms with Gasteiger partial charge >= 0.3 is 0 Å². The number of rotatable bonds is 8. The monoisotopic (exact) mass is 448 g/mol. The molecule has 2 N–H and O–H groups in total. The van der Waals surface area contributed by atoms with E-state index in [2.05, 4.69) is 22.7 Å². The van der Waals surface area contributed by atoms with E-state index in [1.807, 2.05) is 57.4 Å². The van der Waals surface area contributed by atoms with Crippen molar-refractivity contribution < 1.29 is 14.3 Å². The average molecular weight is 449 g/mol. The maximum absolute atomic E-state index is 13.2. The molecule has 0 bridgehead atoms. The Balaban J connectivity index is 1.60. The Bertz CT molecular complexity index is 1170. The summed E-state index contributed by atoms with van der Waals surface area (Å²) in [7, 11) is 5.10. The van der Waals surface area contributed by atoms with Gasteiger partial charge in [0.25, 0.3) is 5.91 Å². The van der Waals surface area contributed by atoms with Crippen molar-refractivity contribution in [2.75, 3.05) is 19.5 Å². The van der Waals surface area contributed by atoms with Gasteiger partial charge in [0.2, 0.25) is 0 Å². The zero-order chi connectivity index (χ0) is 23.7. The van der Waals surface area contributed by atoms with Gasteiger partial charge in [-0.2, -0.15) is 5.10 Å². The number of amides is 1. The number of benzene rings is 2. The highest BCUT2D eigenvalue weighted by Crippen LogP contribution is 2.40. The summed E-state index contributed by atoms with van der Waals surface area (Å²) in [5, 5.41) is 10.9. The Labute approximate surface area is 195 Å². The lowest BCUT2D eigenvalue weighted by Crippen LogP contribution is -2.27. The minimum atomic E-state index is -0.243. The molecule has 1 aromatic heterocycles. The standard InChI is InChI=1S/C26H32N4O3/c1-15-7-8-20(29-23-9-16(23)2)12-21(15)26(31)28-17(3)18-10-22(19-13-27-30(4)14-19)25(33-6)24(11-18)32-5/h7-8,10-14,16-17,23,29H,9H2,1-6H3,(H,28,31)/t16-,17+,23+/m0/s1. The minimum Gasteiger partial charge on any atom is -0.493 e. The Morgan fingerprint density at radius 2 is 1.97 bits per heavy atom. The molecule has 1 fully saturated rings.